The highest BCUT2D eigenvalue weighted by Crippen LogP contribution is 2.28. The third-order valence-corrected chi connectivity index (χ3v) is 8.40. The Morgan fingerprint density at radius 1 is 1.08 bits per heavy atom. The van der Waals surface area contributed by atoms with E-state index in [1.807, 2.05) is 57.5 Å². The van der Waals surface area contributed by atoms with Crippen LogP contribution < -0.4 is 16.4 Å². The lowest BCUT2D eigenvalue weighted by Gasteiger charge is -2.35. The van der Waals surface area contributed by atoms with Crippen LogP contribution in [0.1, 0.15) is 56.6 Å². The average molecular weight is 693 g/mol. The molecule has 0 aliphatic carbocycles. The number of pyridine rings is 1. The maximum atomic E-state index is 13.8. The Balaban J connectivity index is 0.000000804. The zero-order valence-corrected chi connectivity index (χ0v) is 27.6. The normalized spacial score (nSPS) is 17.5. The number of benzene rings is 1. The summed E-state index contributed by atoms with van der Waals surface area (Å²) >= 11 is 1.58. The zero-order chi connectivity index (χ0) is 35.8. The number of nitrogens with two attached hydrogens (primary N) is 1. The van der Waals surface area contributed by atoms with Crippen LogP contribution >= 0.6 is 11.3 Å². The highest BCUT2D eigenvalue weighted by molar-refractivity contribution is 7.13. The molecule has 0 saturated carbocycles. The van der Waals surface area contributed by atoms with Gasteiger partial charge in [0.05, 0.1) is 33.9 Å². The molecule has 0 spiro atoms. The SMILES string of the molecule is Cc1ncsc1-c1ccc(CNC(=O)[C@@H]2C[C@@H](O)CN2C(=O)[C@H](NC(=O)CC(N)c2ccccn2)C(C)(C)C)cc1.O=C(O)C(F)(F)F. The maximum absolute atomic E-state index is 13.8. The molecule has 3 amide bonds. The van der Waals surface area contributed by atoms with Gasteiger partial charge in [-0.15, -0.1) is 11.3 Å². The predicted octanol–water partition coefficient (Wildman–Crippen LogP) is 3.35. The van der Waals surface area contributed by atoms with Crippen molar-refractivity contribution in [3.8, 4) is 10.4 Å². The summed E-state index contributed by atoms with van der Waals surface area (Å²) in [7, 11) is 0. The van der Waals surface area contributed by atoms with Crippen molar-refractivity contribution in [1.82, 2.24) is 25.5 Å². The molecule has 1 aliphatic rings. The molecule has 3 heterocycles. The maximum Gasteiger partial charge on any atom is 0.490 e. The lowest BCUT2D eigenvalue weighted by Crippen LogP contribution is -2.57. The minimum Gasteiger partial charge on any atom is -0.475 e. The van der Waals surface area contributed by atoms with E-state index in [4.69, 9.17) is 15.6 Å². The molecule has 1 fully saturated rings. The summed E-state index contributed by atoms with van der Waals surface area (Å²) in [6, 6.07) is 10.8. The van der Waals surface area contributed by atoms with Crippen molar-refractivity contribution in [2.24, 2.45) is 11.1 Å². The van der Waals surface area contributed by atoms with Crippen molar-refractivity contribution in [3.63, 3.8) is 0 Å². The summed E-state index contributed by atoms with van der Waals surface area (Å²) in [6.45, 7) is 7.78. The highest BCUT2D eigenvalue weighted by Gasteiger charge is 2.44. The van der Waals surface area contributed by atoms with Gasteiger partial charge in [0.1, 0.15) is 12.1 Å². The summed E-state index contributed by atoms with van der Waals surface area (Å²) in [5, 5.41) is 23.3. The van der Waals surface area contributed by atoms with Crippen molar-refractivity contribution in [2.75, 3.05) is 6.54 Å². The van der Waals surface area contributed by atoms with Gasteiger partial charge in [-0.05, 0) is 35.6 Å². The summed E-state index contributed by atoms with van der Waals surface area (Å²) < 4.78 is 31.7. The zero-order valence-electron chi connectivity index (χ0n) is 26.8. The molecule has 16 heteroatoms. The summed E-state index contributed by atoms with van der Waals surface area (Å²) in [5.74, 6) is -3.92. The highest BCUT2D eigenvalue weighted by atomic mass is 32.1. The second-order valence-corrected chi connectivity index (χ2v) is 13.2. The summed E-state index contributed by atoms with van der Waals surface area (Å²) in [4.78, 5) is 59.8. The molecule has 1 aliphatic heterocycles. The number of β-amino-alcohol motifs (C(OH)–C–C–N with tert-alkyl or cyclic N) is 1. The van der Waals surface area contributed by atoms with Crippen LogP contribution in [0.5, 0.6) is 0 Å². The van der Waals surface area contributed by atoms with Crippen molar-refractivity contribution >= 4 is 35.0 Å². The van der Waals surface area contributed by atoms with Gasteiger partial charge in [-0.2, -0.15) is 13.2 Å². The molecule has 4 atom stereocenters. The average Bonchev–Trinajstić information content (AvgIpc) is 3.63. The van der Waals surface area contributed by atoms with Gasteiger partial charge in [0.15, 0.2) is 0 Å². The van der Waals surface area contributed by atoms with Crippen LogP contribution in [0.15, 0.2) is 54.2 Å². The predicted molar refractivity (Wildman–Crippen MR) is 171 cm³/mol. The quantitative estimate of drug-likeness (QED) is 0.224. The smallest absolute Gasteiger partial charge is 0.475 e. The Bertz CT molecular complexity index is 1560. The Kier molecular flexibility index (Phi) is 12.8. The number of halogens is 3. The molecule has 0 radical (unpaired) electrons. The minimum absolute atomic E-state index is 0.00964. The van der Waals surface area contributed by atoms with Gasteiger partial charge in [0.2, 0.25) is 17.7 Å². The van der Waals surface area contributed by atoms with E-state index in [2.05, 4.69) is 20.6 Å². The fourth-order valence-electron chi connectivity index (χ4n) is 4.90. The fraction of sp³-hybridized carbons (Fsp3) is 0.438. The van der Waals surface area contributed by atoms with Crippen molar-refractivity contribution in [2.45, 2.75) is 77.5 Å². The summed E-state index contributed by atoms with van der Waals surface area (Å²) in [5.41, 5.74) is 10.8. The Morgan fingerprint density at radius 3 is 2.25 bits per heavy atom. The van der Waals surface area contributed by atoms with Crippen LogP contribution in [-0.4, -0.2) is 79.7 Å². The third-order valence-electron chi connectivity index (χ3n) is 7.43. The number of aliphatic hydroxyl groups is 1. The number of nitrogens with one attached hydrogen (secondary N) is 2. The Hall–Kier alpha value is -4.41. The number of likely N-dealkylation sites (tertiary alicyclic amines) is 1. The minimum atomic E-state index is -5.08. The van der Waals surface area contributed by atoms with E-state index in [-0.39, 0.29) is 31.8 Å². The van der Waals surface area contributed by atoms with Gasteiger partial charge in [-0.3, -0.25) is 19.4 Å². The van der Waals surface area contributed by atoms with Gasteiger partial charge in [0, 0.05) is 32.1 Å². The van der Waals surface area contributed by atoms with E-state index < -0.39 is 53.6 Å². The van der Waals surface area contributed by atoms with E-state index in [0.29, 0.717) is 5.69 Å². The first-order valence-electron chi connectivity index (χ1n) is 14.9. The molecule has 6 N–H and O–H groups in total. The number of hydrogen-bond acceptors (Lipinski definition) is 9. The molecule has 1 aromatic carbocycles. The van der Waals surface area contributed by atoms with Gasteiger partial charge >= 0.3 is 12.1 Å². The first kappa shape index (κ1) is 38.0. The molecule has 3 aromatic rings. The first-order chi connectivity index (χ1) is 22.4. The van der Waals surface area contributed by atoms with E-state index in [1.165, 1.54) is 4.90 Å². The van der Waals surface area contributed by atoms with Crippen LogP contribution in [0.3, 0.4) is 0 Å². The number of carbonyl (C=O) groups is 4. The van der Waals surface area contributed by atoms with Gasteiger partial charge in [0.25, 0.3) is 0 Å². The number of aliphatic carboxylic acids is 1. The number of aromatic nitrogens is 2. The molecular weight excluding hydrogens is 653 g/mol. The molecule has 1 saturated heterocycles. The van der Waals surface area contributed by atoms with Crippen molar-refractivity contribution < 1.29 is 42.6 Å². The molecule has 48 heavy (non-hydrogen) atoms. The lowest BCUT2D eigenvalue weighted by molar-refractivity contribution is -0.192. The van der Waals surface area contributed by atoms with Crippen molar-refractivity contribution in [1.29, 1.82) is 0 Å². The number of aliphatic hydroxyl groups excluding tert-OH is 1. The van der Waals surface area contributed by atoms with Crippen molar-refractivity contribution in [3.05, 3.63) is 71.1 Å². The van der Waals surface area contributed by atoms with Crippen LogP contribution in [-0.2, 0) is 25.7 Å². The number of aryl methyl sites for hydroxylation is 1. The number of alkyl halides is 3. The number of carboxylic acids is 1. The Morgan fingerprint density at radius 2 is 1.73 bits per heavy atom. The number of thiazole rings is 1. The second-order valence-electron chi connectivity index (χ2n) is 12.3. The third kappa shape index (κ3) is 10.6. The lowest BCUT2D eigenvalue weighted by atomic mass is 9.85. The number of rotatable bonds is 9. The van der Waals surface area contributed by atoms with Gasteiger partial charge in [-0.1, -0.05) is 51.1 Å². The first-order valence-corrected chi connectivity index (χ1v) is 15.8. The summed E-state index contributed by atoms with van der Waals surface area (Å²) in [6.07, 6.45) is -4.25. The molecule has 0 bridgehead atoms. The van der Waals surface area contributed by atoms with Crippen LogP contribution in [0.25, 0.3) is 10.4 Å². The van der Waals surface area contributed by atoms with Crippen LogP contribution in [0.2, 0.25) is 0 Å². The van der Waals surface area contributed by atoms with Gasteiger partial charge in [-0.25, -0.2) is 9.78 Å². The molecule has 4 rings (SSSR count). The number of nitrogens with zero attached hydrogens (tertiary/aromatic N) is 3. The second kappa shape index (κ2) is 16.1. The van der Waals surface area contributed by atoms with E-state index >= 15 is 0 Å². The van der Waals surface area contributed by atoms with Gasteiger partial charge < -0.3 is 31.5 Å². The molecule has 260 valence electrons. The van der Waals surface area contributed by atoms with E-state index in [1.54, 1.807) is 35.7 Å². The number of amides is 3. The standard InChI is InChI=1S/C30H38N6O4S.C2HF3O2/c1-18-26(41-17-34-18)20-10-8-19(9-11-20)15-33-28(39)24-13-21(37)16-36(24)29(40)27(30(2,3)4)35-25(38)14-22(31)23-7-5-6-12-32-23;3-2(4,5)1(6)7/h5-12,17,21-22,24,27,37H,13-16,31H2,1-4H3,(H,33,39)(H,35,38);(H,6,7)/t21-,22?,24+,27+;/m1./s1. The van der Waals surface area contributed by atoms with Crippen LogP contribution in [0.4, 0.5) is 13.2 Å². The fourth-order valence-corrected chi connectivity index (χ4v) is 5.71. The number of hydrogen-bond donors (Lipinski definition) is 5. The molecular formula is C32H39F3N6O6S. The largest absolute Gasteiger partial charge is 0.490 e. The molecule has 1 unspecified atom stereocenters. The topological polar surface area (TPSA) is 188 Å². The monoisotopic (exact) mass is 692 g/mol. The molecule has 12 nitrogen and oxygen atoms in total. The molecule has 2 aromatic heterocycles. The number of carboxylic acid groups (broad SMARTS) is 1. The van der Waals surface area contributed by atoms with E-state index in [0.717, 1.165) is 21.7 Å². The Labute approximate surface area is 279 Å². The van der Waals surface area contributed by atoms with Crippen LogP contribution in [0, 0.1) is 12.3 Å². The van der Waals surface area contributed by atoms with E-state index in [9.17, 15) is 32.7 Å². The number of carbonyl (C=O) groups excluding carboxylic acids is 3.